The normalized spacial score (nSPS) is 11.3. The first-order valence-electron chi connectivity index (χ1n) is 11.9. The molecule has 10 heteroatoms. The second kappa shape index (κ2) is 10.4. The van der Waals surface area contributed by atoms with Gasteiger partial charge in [-0.25, -0.2) is 9.89 Å². The Morgan fingerprint density at radius 2 is 1.97 bits per heavy atom. The number of esters is 1. The van der Waals surface area contributed by atoms with E-state index in [0.29, 0.717) is 24.7 Å². The molecule has 0 atom stereocenters. The first-order valence-corrected chi connectivity index (χ1v) is 12.6. The van der Waals surface area contributed by atoms with Crippen LogP contribution >= 0.6 is 15.9 Å². The van der Waals surface area contributed by atoms with Gasteiger partial charge in [-0.05, 0) is 74.9 Å². The summed E-state index contributed by atoms with van der Waals surface area (Å²) in [6, 6.07) is 11.8. The molecule has 0 fully saturated rings. The molecular formula is C26H25BrN6O3. The van der Waals surface area contributed by atoms with Crippen molar-refractivity contribution in [2.24, 2.45) is 0 Å². The van der Waals surface area contributed by atoms with Crippen LogP contribution in [0.2, 0.25) is 0 Å². The van der Waals surface area contributed by atoms with Gasteiger partial charge < -0.3 is 9.15 Å². The molecule has 0 amide bonds. The second-order valence-electron chi connectivity index (χ2n) is 8.35. The van der Waals surface area contributed by atoms with Crippen LogP contribution in [0.15, 0.2) is 57.8 Å². The Labute approximate surface area is 216 Å². The summed E-state index contributed by atoms with van der Waals surface area (Å²) in [5, 5.41) is 19.2. The van der Waals surface area contributed by atoms with Gasteiger partial charge in [0.25, 0.3) is 0 Å². The van der Waals surface area contributed by atoms with Crippen molar-refractivity contribution in [2.75, 3.05) is 6.61 Å². The first-order chi connectivity index (χ1) is 17.6. The minimum Gasteiger partial charge on any atom is -0.472 e. The molecule has 0 radical (unpaired) electrons. The molecule has 36 heavy (non-hydrogen) atoms. The lowest BCUT2D eigenvalue weighted by Gasteiger charge is -2.13. The Hall–Kier alpha value is -3.79. The number of carbonyl (C=O) groups is 1. The summed E-state index contributed by atoms with van der Waals surface area (Å²) in [4.78, 5) is 12.5. The van der Waals surface area contributed by atoms with Crippen LogP contribution in [0.5, 0.6) is 0 Å². The number of hydrogen-bond donors (Lipinski definition) is 1. The molecule has 0 saturated carbocycles. The maximum Gasteiger partial charge on any atom is 0.358 e. The summed E-state index contributed by atoms with van der Waals surface area (Å²) in [6.07, 6.45) is 6.24. The number of aromatic nitrogens is 6. The van der Waals surface area contributed by atoms with Gasteiger partial charge in [0.05, 0.1) is 25.7 Å². The van der Waals surface area contributed by atoms with E-state index in [2.05, 4.69) is 48.6 Å². The van der Waals surface area contributed by atoms with Crippen LogP contribution in [-0.4, -0.2) is 43.0 Å². The van der Waals surface area contributed by atoms with Crippen molar-refractivity contribution in [1.82, 2.24) is 30.4 Å². The Bertz CT molecular complexity index is 1460. The fraction of sp³-hybridized carbons (Fsp3) is 0.269. The van der Waals surface area contributed by atoms with E-state index >= 15 is 0 Å². The first kappa shape index (κ1) is 23.9. The van der Waals surface area contributed by atoms with Crippen molar-refractivity contribution in [3.63, 3.8) is 0 Å². The number of aryl methyl sites for hydroxylation is 1. The predicted octanol–water partition coefficient (Wildman–Crippen LogP) is 5.76. The number of aromatic amines is 1. The fourth-order valence-corrected chi connectivity index (χ4v) is 5.19. The number of tetrazole rings is 1. The van der Waals surface area contributed by atoms with E-state index in [0.717, 1.165) is 62.8 Å². The zero-order chi connectivity index (χ0) is 25.1. The molecule has 2 aliphatic rings. The molecule has 2 aromatic heterocycles. The van der Waals surface area contributed by atoms with Crippen LogP contribution in [0.4, 0.5) is 0 Å². The Morgan fingerprint density at radius 3 is 2.72 bits per heavy atom. The largest absolute Gasteiger partial charge is 0.472 e. The molecule has 5 rings (SSSR count). The van der Waals surface area contributed by atoms with Gasteiger partial charge in [-0.1, -0.05) is 37.6 Å². The van der Waals surface area contributed by atoms with Crippen molar-refractivity contribution in [3.8, 4) is 33.6 Å². The number of nitrogens with one attached hydrogen (secondary N) is 1. The quantitative estimate of drug-likeness (QED) is 0.233. The molecule has 3 heterocycles. The summed E-state index contributed by atoms with van der Waals surface area (Å²) in [5.41, 5.74) is 7.16. The number of unbranched alkanes of at least 4 members (excludes halogenated alkanes) is 1. The highest BCUT2D eigenvalue weighted by Crippen LogP contribution is 2.48. The maximum atomic E-state index is 12.5. The zero-order valence-electron chi connectivity index (χ0n) is 20.0. The topological polar surface area (TPSA) is 112 Å². The van der Waals surface area contributed by atoms with Gasteiger partial charge in [-0.3, -0.25) is 4.68 Å². The SMILES string of the molecule is CCCCc1cc(C(=O)OCC)nn1Cc1c2ccocc-2c(Br)c1-c1ccccc1-c1nnn[nH]1. The van der Waals surface area contributed by atoms with Crippen molar-refractivity contribution in [3.05, 3.63) is 70.3 Å². The average Bonchev–Trinajstić information content (AvgIpc) is 3.63. The smallest absolute Gasteiger partial charge is 0.358 e. The van der Waals surface area contributed by atoms with Gasteiger partial charge in [0.1, 0.15) is 0 Å². The van der Waals surface area contributed by atoms with Crippen LogP contribution in [-0.2, 0) is 17.7 Å². The summed E-state index contributed by atoms with van der Waals surface area (Å²) >= 11 is 3.83. The molecule has 1 aromatic carbocycles. The zero-order valence-corrected chi connectivity index (χ0v) is 21.6. The second-order valence-corrected chi connectivity index (χ2v) is 9.14. The van der Waals surface area contributed by atoms with E-state index in [1.165, 1.54) is 0 Å². The number of ether oxygens (including phenoxy) is 1. The standard InChI is InChI=1S/C26H25BrN6O3/c1-3-5-8-16-13-22(26(34)36-4-2)30-33(16)14-20-17-11-12-35-15-21(17)24(27)23(20)18-9-6-7-10-19(18)25-28-31-32-29-25/h6-7,9-13,15H,3-5,8,14H2,1-2H3,(H,28,29,31,32). The molecule has 0 saturated heterocycles. The number of nitrogens with zero attached hydrogens (tertiary/aromatic N) is 5. The summed E-state index contributed by atoms with van der Waals surface area (Å²) < 4.78 is 13.6. The molecule has 184 valence electrons. The van der Waals surface area contributed by atoms with Crippen LogP contribution in [0.3, 0.4) is 0 Å². The van der Waals surface area contributed by atoms with Crippen LogP contribution < -0.4 is 0 Å². The lowest BCUT2D eigenvalue weighted by atomic mass is 9.97. The van der Waals surface area contributed by atoms with E-state index in [1.807, 2.05) is 41.1 Å². The Kier molecular flexibility index (Phi) is 6.95. The third kappa shape index (κ3) is 4.44. The molecular weight excluding hydrogens is 524 g/mol. The van der Waals surface area contributed by atoms with Crippen molar-refractivity contribution >= 4 is 21.9 Å². The highest BCUT2D eigenvalue weighted by Gasteiger charge is 2.27. The van der Waals surface area contributed by atoms with Crippen LogP contribution in [0.1, 0.15) is 48.4 Å². The monoisotopic (exact) mass is 548 g/mol. The number of H-pyrrole nitrogens is 1. The van der Waals surface area contributed by atoms with Crippen molar-refractivity contribution in [2.45, 2.75) is 39.7 Å². The van der Waals surface area contributed by atoms with Crippen molar-refractivity contribution < 1.29 is 13.9 Å². The molecule has 9 nitrogen and oxygen atoms in total. The molecule has 0 bridgehead atoms. The van der Waals surface area contributed by atoms with Gasteiger partial charge in [0.15, 0.2) is 11.5 Å². The van der Waals surface area contributed by atoms with E-state index in [4.69, 9.17) is 9.15 Å². The van der Waals surface area contributed by atoms with E-state index < -0.39 is 5.97 Å². The summed E-state index contributed by atoms with van der Waals surface area (Å²) in [6.45, 7) is 4.70. The van der Waals surface area contributed by atoms with Crippen molar-refractivity contribution in [1.29, 1.82) is 0 Å². The minimum atomic E-state index is -0.412. The van der Waals surface area contributed by atoms with E-state index in [1.54, 1.807) is 19.5 Å². The minimum absolute atomic E-state index is 0.303. The average molecular weight is 549 g/mol. The number of hydrogen-bond acceptors (Lipinski definition) is 7. The maximum absolute atomic E-state index is 12.5. The van der Waals surface area contributed by atoms with Gasteiger partial charge >= 0.3 is 5.97 Å². The highest BCUT2D eigenvalue weighted by molar-refractivity contribution is 9.10. The van der Waals surface area contributed by atoms with Gasteiger partial charge in [-0.15, -0.1) is 5.10 Å². The predicted molar refractivity (Wildman–Crippen MR) is 138 cm³/mol. The Morgan fingerprint density at radius 1 is 1.14 bits per heavy atom. The van der Waals surface area contributed by atoms with Gasteiger partial charge in [0.2, 0.25) is 0 Å². The lowest BCUT2D eigenvalue weighted by molar-refractivity contribution is 0.0518. The summed E-state index contributed by atoms with van der Waals surface area (Å²) in [5.74, 6) is 0.162. The van der Waals surface area contributed by atoms with E-state index in [9.17, 15) is 4.79 Å². The molecule has 0 unspecified atom stereocenters. The van der Waals surface area contributed by atoms with Crippen LogP contribution in [0.25, 0.3) is 33.6 Å². The molecule has 1 N–H and O–H groups in total. The third-order valence-electron chi connectivity index (χ3n) is 6.11. The fourth-order valence-electron chi connectivity index (χ4n) is 4.43. The highest BCUT2D eigenvalue weighted by atomic mass is 79.9. The number of benzene rings is 1. The third-order valence-corrected chi connectivity index (χ3v) is 6.93. The molecule has 3 aromatic rings. The number of carbonyl (C=O) groups excluding carboxylic acids is 1. The number of rotatable bonds is 9. The molecule has 1 aliphatic carbocycles. The van der Waals surface area contributed by atoms with E-state index in [-0.39, 0.29) is 0 Å². The lowest BCUT2D eigenvalue weighted by Crippen LogP contribution is -2.10. The Balaban J connectivity index is 1.68. The summed E-state index contributed by atoms with van der Waals surface area (Å²) in [7, 11) is 0. The van der Waals surface area contributed by atoms with Gasteiger partial charge in [0, 0.05) is 26.9 Å². The number of halogens is 1. The number of fused-ring (bicyclic) bond motifs is 1. The molecule has 1 aliphatic heterocycles. The van der Waals surface area contributed by atoms with Crippen LogP contribution in [0, 0.1) is 0 Å². The van der Waals surface area contributed by atoms with Gasteiger partial charge in [-0.2, -0.15) is 5.10 Å². The molecule has 0 spiro atoms.